The van der Waals surface area contributed by atoms with Crippen LogP contribution in [0.25, 0.3) is 0 Å². The summed E-state index contributed by atoms with van der Waals surface area (Å²) in [5, 5.41) is 10.8. The monoisotopic (exact) mass is 355 g/mol. The van der Waals surface area contributed by atoms with E-state index in [1.54, 1.807) is 11.6 Å². The quantitative estimate of drug-likeness (QED) is 0.859. The Morgan fingerprint density at radius 1 is 1.31 bits per heavy atom. The van der Waals surface area contributed by atoms with Crippen molar-refractivity contribution in [3.63, 3.8) is 0 Å². The average Bonchev–Trinajstić information content (AvgIpc) is 2.92. The van der Waals surface area contributed by atoms with Gasteiger partial charge in [0.2, 0.25) is 11.8 Å². The molecule has 0 unspecified atom stereocenters. The smallest absolute Gasteiger partial charge is 0.241 e. The predicted octanol–water partition coefficient (Wildman–Crippen LogP) is 1.98. The van der Waals surface area contributed by atoms with Crippen LogP contribution in [-0.2, 0) is 29.1 Å². The molecule has 0 spiro atoms. The first-order valence-corrected chi connectivity index (χ1v) is 8.92. The minimum absolute atomic E-state index is 0.0497. The summed E-state index contributed by atoms with van der Waals surface area (Å²) in [6.07, 6.45) is 0.691. The van der Waals surface area contributed by atoms with Crippen LogP contribution < -0.4 is 10.6 Å². The number of nitrogens with one attached hydrogen (secondary N) is 2. The molecular formula is C19H25N5O2. The van der Waals surface area contributed by atoms with Crippen molar-refractivity contribution in [2.24, 2.45) is 0 Å². The standard InChI is InChI=1S/C19H25N5O2/c1-4-20-18(26)12-24-17-8-9-23(14(3)25)11-16(17)19(22-24)21-15-7-5-6-13(2)10-15/h5-7,10H,4,8-9,11-12H2,1-3H3,(H,20,26)(H,21,22). The molecule has 1 aliphatic heterocycles. The molecule has 7 nitrogen and oxygen atoms in total. The summed E-state index contributed by atoms with van der Waals surface area (Å²) in [4.78, 5) is 25.6. The van der Waals surface area contributed by atoms with Gasteiger partial charge in [-0.1, -0.05) is 12.1 Å². The number of hydrogen-bond acceptors (Lipinski definition) is 4. The first-order valence-electron chi connectivity index (χ1n) is 8.92. The fraction of sp³-hybridized carbons (Fsp3) is 0.421. The molecule has 3 rings (SSSR count). The number of anilines is 2. The van der Waals surface area contributed by atoms with Crippen LogP contribution in [0, 0.1) is 6.92 Å². The van der Waals surface area contributed by atoms with Crippen LogP contribution in [0.15, 0.2) is 24.3 Å². The molecule has 0 bridgehead atoms. The minimum Gasteiger partial charge on any atom is -0.355 e. The number of aryl methyl sites for hydroxylation is 1. The molecule has 1 aromatic heterocycles. The van der Waals surface area contributed by atoms with Crippen molar-refractivity contribution in [3.8, 4) is 0 Å². The van der Waals surface area contributed by atoms with Crippen molar-refractivity contribution in [2.75, 3.05) is 18.4 Å². The van der Waals surface area contributed by atoms with Gasteiger partial charge in [-0.05, 0) is 31.5 Å². The van der Waals surface area contributed by atoms with Gasteiger partial charge < -0.3 is 15.5 Å². The van der Waals surface area contributed by atoms with E-state index in [2.05, 4.69) is 15.7 Å². The number of aromatic nitrogens is 2. The Morgan fingerprint density at radius 3 is 2.81 bits per heavy atom. The van der Waals surface area contributed by atoms with E-state index in [0.29, 0.717) is 31.9 Å². The lowest BCUT2D eigenvalue weighted by Crippen LogP contribution is -2.35. The lowest BCUT2D eigenvalue weighted by Gasteiger charge is -2.26. The number of carbonyl (C=O) groups excluding carboxylic acids is 2. The highest BCUT2D eigenvalue weighted by molar-refractivity contribution is 5.76. The summed E-state index contributed by atoms with van der Waals surface area (Å²) >= 11 is 0. The summed E-state index contributed by atoms with van der Waals surface area (Å²) in [5.74, 6) is 0.698. The fourth-order valence-corrected chi connectivity index (χ4v) is 3.24. The van der Waals surface area contributed by atoms with Crippen molar-refractivity contribution in [1.82, 2.24) is 20.0 Å². The number of nitrogens with zero attached hydrogens (tertiary/aromatic N) is 3. The maximum Gasteiger partial charge on any atom is 0.241 e. The molecule has 2 amide bonds. The molecule has 0 atom stereocenters. The van der Waals surface area contributed by atoms with E-state index in [-0.39, 0.29) is 18.4 Å². The molecule has 2 heterocycles. The van der Waals surface area contributed by atoms with Crippen LogP contribution in [0.5, 0.6) is 0 Å². The zero-order chi connectivity index (χ0) is 18.7. The Kier molecular flexibility index (Phi) is 5.25. The maximum atomic E-state index is 12.0. The third-order valence-electron chi connectivity index (χ3n) is 4.53. The summed E-state index contributed by atoms with van der Waals surface area (Å²) in [6, 6.07) is 8.04. The van der Waals surface area contributed by atoms with Gasteiger partial charge in [-0.2, -0.15) is 5.10 Å². The van der Waals surface area contributed by atoms with Gasteiger partial charge in [0.1, 0.15) is 6.54 Å². The Morgan fingerprint density at radius 2 is 2.12 bits per heavy atom. The molecule has 0 saturated heterocycles. The summed E-state index contributed by atoms with van der Waals surface area (Å²) in [5.41, 5.74) is 4.09. The Balaban J connectivity index is 1.93. The molecule has 2 aromatic rings. The molecule has 138 valence electrons. The topological polar surface area (TPSA) is 79.3 Å². The van der Waals surface area contributed by atoms with Crippen LogP contribution in [0.2, 0.25) is 0 Å². The van der Waals surface area contributed by atoms with E-state index < -0.39 is 0 Å². The third-order valence-corrected chi connectivity index (χ3v) is 4.53. The van der Waals surface area contributed by atoms with Crippen molar-refractivity contribution in [3.05, 3.63) is 41.1 Å². The van der Waals surface area contributed by atoms with Gasteiger partial charge in [-0.25, -0.2) is 0 Å². The van der Waals surface area contributed by atoms with Gasteiger partial charge in [0.25, 0.3) is 0 Å². The molecular weight excluding hydrogens is 330 g/mol. The van der Waals surface area contributed by atoms with Gasteiger partial charge >= 0.3 is 0 Å². The summed E-state index contributed by atoms with van der Waals surface area (Å²) in [6.45, 7) is 7.44. The average molecular weight is 355 g/mol. The maximum absolute atomic E-state index is 12.0. The van der Waals surface area contributed by atoms with Gasteiger partial charge in [0.15, 0.2) is 5.82 Å². The van der Waals surface area contributed by atoms with E-state index in [4.69, 9.17) is 0 Å². The highest BCUT2D eigenvalue weighted by atomic mass is 16.2. The highest BCUT2D eigenvalue weighted by Gasteiger charge is 2.27. The molecule has 1 aromatic carbocycles. The van der Waals surface area contributed by atoms with Crippen LogP contribution in [0.1, 0.15) is 30.7 Å². The molecule has 0 radical (unpaired) electrons. The Hall–Kier alpha value is -2.83. The van der Waals surface area contributed by atoms with E-state index in [1.807, 2.05) is 43.0 Å². The zero-order valence-corrected chi connectivity index (χ0v) is 15.5. The van der Waals surface area contributed by atoms with Crippen LogP contribution in [-0.4, -0.2) is 39.6 Å². The normalized spacial score (nSPS) is 13.3. The number of rotatable bonds is 5. The molecule has 2 N–H and O–H groups in total. The fourth-order valence-electron chi connectivity index (χ4n) is 3.24. The molecule has 0 fully saturated rings. The number of benzene rings is 1. The summed E-state index contributed by atoms with van der Waals surface area (Å²) in [7, 11) is 0. The largest absolute Gasteiger partial charge is 0.355 e. The Bertz CT molecular complexity index is 827. The van der Waals surface area contributed by atoms with E-state index in [1.165, 1.54) is 0 Å². The number of likely N-dealkylation sites (N-methyl/N-ethyl adjacent to an activating group) is 1. The minimum atomic E-state index is -0.0612. The van der Waals surface area contributed by atoms with E-state index >= 15 is 0 Å². The number of fused-ring (bicyclic) bond motifs is 1. The first kappa shape index (κ1) is 18.0. The molecule has 26 heavy (non-hydrogen) atoms. The van der Waals surface area contributed by atoms with Gasteiger partial charge in [-0.3, -0.25) is 14.3 Å². The predicted molar refractivity (Wildman–Crippen MR) is 100 cm³/mol. The molecule has 1 aliphatic rings. The van der Waals surface area contributed by atoms with Crippen LogP contribution in [0.3, 0.4) is 0 Å². The van der Waals surface area contributed by atoms with Crippen molar-refractivity contribution in [2.45, 2.75) is 40.3 Å². The Labute approximate surface area is 153 Å². The number of amides is 2. The van der Waals surface area contributed by atoms with E-state index in [9.17, 15) is 9.59 Å². The second-order valence-electron chi connectivity index (χ2n) is 6.57. The van der Waals surface area contributed by atoms with Crippen molar-refractivity contribution in [1.29, 1.82) is 0 Å². The SMILES string of the molecule is CCNC(=O)Cn1nc(Nc2cccc(C)c2)c2c1CCN(C(C)=O)C2. The number of carbonyl (C=O) groups is 2. The molecule has 0 aliphatic carbocycles. The zero-order valence-electron chi connectivity index (χ0n) is 15.5. The van der Waals surface area contributed by atoms with Gasteiger partial charge in [0.05, 0.1) is 6.54 Å². The second kappa shape index (κ2) is 7.59. The highest BCUT2D eigenvalue weighted by Crippen LogP contribution is 2.28. The molecule has 7 heteroatoms. The lowest BCUT2D eigenvalue weighted by molar-refractivity contribution is -0.129. The third kappa shape index (κ3) is 3.87. The van der Waals surface area contributed by atoms with Crippen LogP contribution in [0.4, 0.5) is 11.5 Å². The van der Waals surface area contributed by atoms with E-state index in [0.717, 1.165) is 22.5 Å². The van der Waals surface area contributed by atoms with Crippen LogP contribution >= 0.6 is 0 Å². The lowest BCUT2D eigenvalue weighted by atomic mass is 10.1. The van der Waals surface area contributed by atoms with Gasteiger partial charge in [-0.15, -0.1) is 0 Å². The van der Waals surface area contributed by atoms with Crippen molar-refractivity contribution < 1.29 is 9.59 Å². The van der Waals surface area contributed by atoms with Gasteiger partial charge in [0, 0.05) is 43.4 Å². The first-order chi connectivity index (χ1) is 12.5. The number of hydrogen-bond donors (Lipinski definition) is 2. The summed E-state index contributed by atoms with van der Waals surface area (Å²) < 4.78 is 1.76. The van der Waals surface area contributed by atoms with Crippen molar-refractivity contribution >= 4 is 23.3 Å². The second-order valence-corrected chi connectivity index (χ2v) is 6.57. The molecule has 0 saturated carbocycles.